The van der Waals surface area contributed by atoms with Gasteiger partial charge in [0, 0.05) is 5.39 Å². The Bertz CT molecular complexity index is 1160. The van der Waals surface area contributed by atoms with E-state index in [1.165, 1.54) is 16.2 Å². The second-order valence-corrected chi connectivity index (χ2v) is 8.61. The molecule has 1 fully saturated rings. The van der Waals surface area contributed by atoms with Crippen LogP contribution >= 0.6 is 11.3 Å². The molecule has 1 aromatic carbocycles. The molecule has 0 unspecified atom stereocenters. The summed E-state index contributed by atoms with van der Waals surface area (Å²) >= 11 is 1.22. The lowest BCUT2D eigenvalue weighted by Crippen LogP contribution is -2.58. The molecular formula is C24H29FN4OS. The number of hydrogen-bond acceptors (Lipinski definition) is 5. The molecule has 1 amide bonds. The van der Waals surface area contributed by atoms with Gasteiger partial charge in [0.2, 0.25) is 0 Å². The Kier molecular flexibility index (Phi) is 6.46. The topological polar surface area (TPSA) is 72.1 Å². The van der Waals surface area contributed by atoms with E-state index >= 15 is 4.39 Å². The van der Waals surface area contributed by atoms with Crippen molar-refractivity contribution in [1.29, 1.82) is 0 Å². The Morgan fingerprint density at radius 2 is 1.94 bits per heavy atom. The van der Waals surface area contributed by atoms with Crippen LogP contribution in [-0.4, -0.2) is 34.1 Å². The zero-order valence-electron chi connectivity index (χ0n) is 18.9. The molecule has 3 heterocycles. The van der Waals surface area contributed by atoms with Crippen molar-refractivity contribution in [2.75, 3.05) is 18.8 Å². The number of fused-ring (bicyclic) bond motifs is 1. The van der Waals surface area contributed by atoms with E-state index in [9.17, 15) is 4.79 Å². The van der Waals surface area contributed by atoms with Crippen molar-refractivity contribution in [2.45, 2.75) is 47.2 Å². The quantitative estimate of drug-likeness (QED) is 0.570. The third-order valence-electron chi connectivity index (χ3n) is 5.77. The Hall–Kier alpha value is -2.80. The number of amides is 1. The number of nitrogens with two attached hydrogens (primary N) is 1. The molecule has 1 aliphatic heterocycles. The summed E-state index contributed by atoms with van der Waals surface area (Å²) in [6, 6.07) is 7.47. The van der Waals surface area contributed by atoms with Gasteiger partial charge in [0.05, 0.1) is 24.5 Å². The van der Waals surface area contributed by atoms with E-state index in [1.54, 1.807) is 6.07 Å². The van der Waals surface area contributed by atoms with Gasteiger partial charge in [-0.15, -0.1) is 16.4 Å². The molecule has 5 nitrogen and oxygen atoms in total. The number of anilines is 1. The highest BCUT2D eigenvalue weighted by molar-refractivity contribution is 7.21. The molecule has 1 aliphatic rings. The first-order chi connectivity index (χ1) is 14.7. The van der Waals surface area contributed by atoms with Crippen LogP contribution in [0.1, 0.15) is 59.8 Å². The van der Waals surface area contributed by atoms with E-state index in [1.807, 2.05) is 65.8 Å². The van der Waals surface area contributed by atoms with Crippen molar-refractivity contribution in [3.8, 4) is 0 Å². The second kappa shape index (κ2) is 8.75. The zero-order valence-corrected chi connectivity index (χ0v) is 19.7. The van der Waals surface area contributed by atoms with Gasteiger partial charge < -0.3 is 10.6 Å². The van der Waals surface area contributed by atoms with Gasteiger partial charge in [0.15, 0.2) is 5.67 Å². The average Bonchev–Trinajstić information content (AvgIpc) is 3.11. The molecule has 31 heavy (non-hydrogen) atoms. The number of carbonyl (C=O) groups excluding carboxylic acids is 1. The number of thiophene rings is 1. The summed E-state index contributed by atoms with van der Waals surface area (Å²) in [5, 5.41) is 9.04. The SMILES string of the molecule is C/C=C(\C)c1cccc(C2(F)CN(C(=O)c3sc4nnc(C)c(C)c4c3N)C2)c1.CC. The second-order valence-electron chi connectivity index (χ2n) is 7.61. The fourth-order valence-corrected chi connectivity index (χ4v) is 4.71. The third kappa shape index (κ3) is 3.94. The zero-order chi connectivity index (χ0) is 22.9. The Morgan fingerprint density at radius 3 is 2.58 bits per heavy atom. The molecule has 1 saturated heterocycles. The van der Waals surface area contributed by atoms with Gasteiger partial charge in [0.1, 0.15) is 9.71 Å². The molecule has 0 saturated carbocycles. The average molecular weight is 441 g/mol. The van der Waals surface area contributed by atoms with E-state index in [0.29, 0.717) is 21.0 Å². The molecule has 2 aromatic heterocycles. The number of halogens is 1. The first-order valence-corrected chi connectivity index (χ1v) is 11.3. The van der Waals surface area contributed by atoms with Crippen LogP contribution in [0, 0.1) is 13.8 Å². The van der Waals surface area contributed by atoms with Gasteiger partial charge in [-0.25, -0.2) is 4.39 Å². The number of aryl methyl sites for hydroxylation is 2. The predicted octanol–water partition coefficient (Wildman–Crippen LogP) is 5.66. The Morgan fingerprint density at radius 1 is 1.26 bits per heavy atom. The van der Waals surface area contributed by atoms with Crippen LogP contribution in [0.2, 0.25) is 0 Å². The number of nitrogens with zero attached hydrogens (tertiary/aromatic N) is 3. The number of hydrogen-bond donors (Lipinski definition) is 1. The fraction of sp³-hybridized carbons (Fsp3) is 0.375. The summed E-state index contributed by atoms with van der Waals surface area (Å²) in [5.74, 6) is -0.253. The molecule has 4 rings (SSSR count). The van der Waals surface area contributed by atoms with Crippen LogP contribution in [0.5, 0.6) is 0 Å². The number of benzene rings is 1. The smallest absolute Gasteiger partial charge is 0.266 e. The molecule has 0 atom stereocenters. The van der Waals surface area contributed by atoms with Gasteiger partial charge in [-0.2, -0.15) is 5.10 Å². The summed E-state index contributed by atoms with van der Waals surface area (Å²) < 4.78 is 15.5. The number of aromatic nitrogens is 2. The molecule has 0 spiro atoms. The van der Waals surface area contributed by atoms with E-state index in [0.717, 1.165) is 27.8 Å². The molecule has 0 aliphatic carbocycles. The molecule has 0 bridgehead atoms. The van der Waals surface area contributed by atoms with E-state index in [2.05, 4.69) is 10.2 Å². The summed E-state index contributed by atoms with van der Waals surface area (Å²) in [5.41, 5.74) is 9.51. The number of allylic oxidation sites excluding steroid dienone is 2. The maximum Gasteiger partial charge on any atom is 0.266 e. The highest BCUT2D eigenvalue weighted by atomic mass is 32.1. The lowest BCUT2D eigenvalue weighted by atomic mass is 9.86. The van der Waals surface area contributed by atoms with Gasteiger partial charge in [-0.1, -0.05) is 38.1 Å². The van der Waals surface area contributed by atoms with E-state index in [-0.39, 0.29) is 19.0 Å². The molecule has 0 radical (unpaired) electrons. The Labute approximate surface area is 186 Å². The summed E-state index contributed by atoms with van der Waals surface area (Å²) in [4.78, 5) is 15.5. The van der Waals surface area contributed by atoms with E-state index in [4.69, 9.17) is 5.73 Å². The minimum Gasteiger partial charge on any atom is -0.397 e. The first-order valence-electron chi connectivity index (χ1n) is 10.5. The predicted molar refractivity (Wildman–Crippen MR) is 127 cm³/mol. The van der Waals surface area contributed by atoms with Crippen LogP contribution in [0.25, 0.3) is 15.8 Å². The monoisotopic (exact) mass is 440 g/mol. The van der Waals surface area contributed by atoms with Gasteiger partial charge >= 0.3 is 0 Å². The molecule has 2 N–H and O–H groups in total. The van der Waals surface area contributed by atoms with Crippen LogP contribution < -0.4 is 5.73 Å². The lowest BCUT2D eigenvalue weighted by Gasteiger charge is -2.44. The number of carbonyl (C=O) groups is 1. The number of nitrogen functional groups attached to an aromatic ring is 1. The standard InChI is InChI=1S/C22H23FN4OS.C2H6/c1-5-12(2)15-7-6-8-16(9-15)22(23)10-27(11-22)21(28)19-18(24)17-13(3)14(4)25-26-20(17)29-19;1-2/h5-9H,10-11,24H2,1-4H3;1-2H3/b12-5+;. The molecule has 164 valence electrons. The largest absolute Gasteiger partial charge is 0.397 e. The highest BCUT2D eigenvalue weighted by Gasteiger charge is 2.48. The lowest BCUT2D eigenvalue weighted by molar-refractivity contribution is -0.0227. The van der Waals surface area contributed by atoms with Crippen LogP contribution in [0.15, 0.2) is 30.3 Å². The van der Waals surface area contributed by atoms with Crippen LogP contribution in [-0.2, 0) is 5.67 Å². The van der Waals surface area contributed by atoms with Crippen LogP contribution in [0.3, 0.4) is 0 Å². The van der Waals surface area contributed by atoms with Gasteiger partial charge in [0.25, 0.3) is 5.91 Å². The summed E-state index contributed by atoms with van der Waals surface area (Å²) in [6.45, 7) is 11.8. The summed E-state index contributed by atoms with van der Waals surface area (Å²) in [7, 11) is 0. The van der Waals surface area contributed by atoms with Gasteiger partial charge in [-0.3, -0.25) is 4.79 Å². The van der Waals surface area contributed by atoms with Crippen molar-refractivity contribution in [1.82, 2.24) is 15.1 Å². The molecule has 3 aromatic rings. The van der Waals surface area contributed by atoms with Crippen molar-refractivity contribution in [2.24, 2.45) is 0 Å². The van der Waals surface area contributed by atoms with Crippen molar-refractivity contribution in [3.05, 3.63) is 57.6 Å². The number of rotatable bonds is 3. The fourth-order valence-electron chi connectivity index (χ4n) is 3.64. The van der Waals surface area contributed by atoms with E-state index < -0.39 is 5.67 Å². The third-order valence-corrected chi connectivity index (χ3v) is 6.85. The van der Waals surface area contributed by atoms with Crippen molar-refractivity contribution in [3.63, 3.8) is 0 Å². The highest BCUT2D eigenvalue weighted by Crippen LogP contribution is 2.41. The molecular weight excluding hydrogens is 411 g/mol. The number of likely N-dealkylation sites (tertiary alicyclic amines) is 1. The van der Waals surface area contributed by atoms with Crippen LogP contribution in [0.4, 0.5) is 10.1 Å². The number of alkyl halides is 1. The first kappa shape index (κ1) is 22.9. The maximum absolute atomic E-state index is 15.5. The van der Waals surface area contributed by atoms with Gasteiger partial charge in [-0.05, 0) is 56.0 Å². The normalized spacial score (nSPS) is 15.3. The Balaban J connectivity index is 0.00000132. The minimum atomic E-state index is -1.54. The molecule has 7 heteroatoms. The van der Waals surface area contributed by atoms with Crippen molar-refractivity contribution < 1.29 is 9.18 Å². The van der Waals surface area contributed by atoms with Crippen molar-refractivity contribution >= 4 is 38.7 Å². The summed E-state index contributed by atoms with van der Waals surface area (Å²) in [6.07, 6.45) is 2.00. The maximum atomic E-state index is 15.5. The minimum absolute atomic E-state index is 0.0154.